The Hall–Kier alpha value is -3.16. The van der Waals surface area contributed by atoms with Gasteiger partial charge in [0.05, 0.1) is 11.6 Å². The van der Waals surface area contributed by atoms with Crippen LogP contribution >= 0.6 is 0 Å². The van der Waals surface area contributed by atoms with Gasteiger partial charge in [-0.15, -0.1) is 0 Å². The number of piperidine rings is 1. The van der Waals surface area contributed by atoms with Gasteiger partial charge in [-0.05, 0) is 44.4 Å². The number of carbonyl (C=O) groups is 3. The Morgan fingerprint density at radius 3 is 2.64 bits per heavy atom. The van der Waals surface area contributed by atoms with Crippen LogP contribution in [0.25, 0.3) is 11.1 Å². The molecule has 0 aliphatic carbocycles. The van der Waals surface area contributed by atoms with E-state index in [2.05, 4.69) is 5.10 Å². The molecule has 2 heterocycles. The minimum Gasteiger partial charge on any atom is -0.369 e. The molecule has 0 spiro atoms. The number of primary amides is 2. The van der Waals surface area contributed by atoms with E-state index >= 15 is 0 Å². The molecule has 28 heavy (non-hydrogen) atoms. The fraction of sp³-hybridized carbons (Fsp3) is 0.400. The van der Waals surface area contributed by atoms with E-state index in [-0.39, 0.29) is 24.3 Å². The van der Waals surface area contributed by atoms with Crippen LogP contribution in [0, 0.1) is 19.8 Å². The molecule has 1 unspecified atom stereocenters. The smallest absolute Gasteiger partial charge is 0.253 e. The standard InChI is InChI=1S/C20H25N5O3/c1-12-18(13(2)25(23-12)11-17(21)26)14-5-3-6-15(9-14)20(28)24-8-4-7-16(10-24)19(22)27/h3,5-6,9,16H,4,7-8,10-11H2,1-2H3,(H2,21,26)(H2,22,27). The molecule has 1 atom stereocenters. The highest BCUT2D eigenvalue weighted by Gasteiger charge is 2.28. The number of nitrogens with two attached hydrogens (primary N) is 2. The molecule has 1 aliphatic rings. The summed E-state index contributed by atoms with van der Waals surface area (Å²) in [6, 6.07) is 7.31. The minimum atomic E-state index is -0.463. The Morgan fingerprint density at radius 2 is 1.96 bits per heavy atom. The van der Waals surface area contributed by atoms with Gasteiger partial charge in [-0.25, -0.2) is 0 Å². The highest BCUT2D eigenvalue weighted by Crippen LogP contribution is 2.28. The third kappa shape index (κ3) is 3.90. The minimum absolute atomic E-state index is 0.00752. The molecule has 2 aromatic rings. The Balaban J connectivity index is 1.89. The number of benzene rings is 1. The first-order valence-corrected chi connectivity index (χ1v) is 9.29. The number of aryl methyl sites for hydroxylation is 1. The zero-order valence-electron chi connectivity index (χ0n) is 16.1. The Labute approximate surface area is 163 Å². The monoisotopic (exact) mass is 383 g/mol. The van der Waals surface area contributed by atoms with Gasteiger partial charge in [0, 0.05) is 29.9 Å². The van der Waals surface area contributed by atoms with Crippen LogP contribution < -0.4 is 11.5 Å². The van der Waals surface area contributed by atoms with Crippen molar-refractivity contribution in [1.82, 2.24) is 14.7 Å². The summed E-state index contributed by atoms with van der Waals surface area (Å²) in [5, 5.41) is 4.39. The van der Waals surface area contributed by atoms with E-state index < -0.39 is 5.91 Å². The van der Waals surface area contributed by atoms with Crippen molar-refractivity contribution in [3.8, 4) is 11.1 Å². The second-order valence-corrected chi connectivity index (χ2v) is 7.24. The molecule has 0 bridgehead atoms. The predicted octanol–water partition coefficient (Wildman–Crippen LogP) is 0.990. The van der Waals surface area contributed by atoms with E-state index in [4.69, 9.17) is 11.5 Å². The van der Waals surface area contributed by atoms with Crippen LogP contribution in [0.15, 0.2) is 24.3 Å². The van der Waals surface area contributed by atoms with Crippen LogP contribution in [0.3, 0.4) is 0 Å². The molecule has 3 rings (SSSR count). The molecular formula is C20H25N5O3. The molecule has 1 fully saturated rings. The summed E-state index contributed by atoms with van der Waals surface area (Å²) >= 11 is 0. The van der Waals surface area contributed by atoms with Gasteiger partial charge >= 0.3 is 0 Å². The summed E-state index contributed by atoms with van der Waals surface area (Å²) in [5.74, 6) is -1.24. The Morgan fingerprint density at radius 1 is 1.21 bits per heavy atom. The molecule has 1 aromatic carbocycles. The maximum absolute atomic E-state index is 13.0. The number of nitrogens with zero attached hydrogens (tertiary/aromatic N) is 3. The maximum Gasteiger partial charge on any atom is 0.253 e. The number of carbonyl (C=O) groups excluding carboxylic acids is 3. The third-order valence-electron chi connectivity index (χ3n) is 5.20. The number of hydrogen-bond acceptors (Lipinski definition) is 4. The number of likely N-dealkylation sites (tertiary alicyclic amines) is 1. The van der Waals surface area contributed by atoms with Crippen LogP contribution in [0.1, 0.15) is 34.6 Å². The topological polar surface area (TPSA) is 124 Å². The lowest BCUT2D eigenvalue weighted by molar-refractivity contribution is -0.123. The van der Waals surface area contributed by atoms with Gasteiger partial charge in [0.2, 0.25) is 11.8 Å². The van der Waals surface area contributed by atoms with Crippen LogP contribution in [0.2, 0.25) is 0 Å². The van der Waals surface area contributed by atoms with Gasteiger partial charge < -0.3 is 16.4 Å². The van der Waals surface area contributed by atoms with Crippen LogP contribution in [0.5, 0.6) is 0 Å². The molecular weight excluding hydrogens is 358 g/mol. The lowest BCUT2D eigenvalue weighted by Crippen LogP contribution is -2.44. The summed E-state index contributed by atoms with van der Waals surface area (Å²) in [6.45, 7) is 4.70. The van der Waals surface area contributed by atoms with Gasteiger partial charge in [0.15, 0.2) is 0 Å². The average Bonchev–Trinajstić information content (AvgIpc) is 2.94. The second kappa shape index (κ2) is 7.84. The van der Waals surface area contributed by atoms with E-state index in [1.54, 1.807) is 15.6 Å². The van der Waals surface area contributed by atoms with Gasteiger partial charge in [0.1, 0.15) is 6.54 Å². The van der Waals surface area contributed by atoms with Crippen molar-refractivity contribution in [2.24, 2.45) is 17.4 Å². The fourth-order valence-electron chi connectivity index (χ4n) is 3.80. The van der Waals surface area contributed by atoms with E-state index in [9.17, 15) is 14.4 Å². The van der Waals surface area contributed by atoms with E-state index in [0.717, 1.165) is 35.4 Å². The van der Waals surface area contributed by atoms with E-state index in [1.165, 1.54) is 0 Å². The van der Waals surface area contributed by atoms with Crippen molar-refractivity contribution in [2.75, 3.05) is 13.1 Å². The Bertz CT molecular complexity index is 934. The van der Waals surface area contributed by atoms with Gasteiger partial charge in [-0.3, -0.25) is 19.1 Å². The summed E-state index contributed by atoms with van der Waals surface area (Å²) in [5.41, 5.74) is 14.6. The van der Waals surface area contributed by atoms with Crippen molar-refractivity contribution in [2.45, 2.75) is 33.2 Å². The van der Waals surface area contributed by atoms with Gasteiger partial charge in [0.25, 0.3) is 5.91 Å². The van der Waals surface area contributed by atoms with E-state index in [1.807, 2.05) is 32.0 Å². The van der Waals surface area contributed by atoms with Crippen molar-refractivity contribution >= 4 is 17.7 Å². The fourth-order valence-corrected chi connectivity index (χ4v) is 3.80. The molecule has 0 saturated carbocycles. The maximum atomic E-state index is 13.0. The first-order chi connectivity index (χ1) is 13.3. The third-order valence-corrected chi connectivity index (χ3v) is 5.20. The molecule has 1 aliphatic heterocycles. The largest absolute Gasteiger partial charge is 0.369 e. The summed E-state index contributed by atoms with van der Waals surface area (Å²) < 4.78 is 1.57. The van der Waals surface area contributed by atoms with Crippen LogP contribution in [-0.4, -0.2) is 45.5 Å². The first-order valence-electron chi connectivity index (χ1n) is 9.29. The average molecular weight is 383 g/mol. The molecule has 1 saturated heterocycles. The molecule has 0 radical (unpaired) electrons. The van der Waals surface area contributed by atoms with Crippen molar-refractivity contribution in [1.29, 1.82) is 0 Å². The lowest BCUT2D eigenvalue weighted by Gasteiger charge is -2.31. The highest BCUT2D eigenvalue weighted by molar-refractivity contribution is 5.96. The number of aromatic nitrogens is 2. The molecule has 3 amide bonds. The van der Waals surface area contributed by atoms with Crippen LogP contribution in [0.4, 0.5) is 0 Å². The van der Waals surface area contributed by atoms with E-state index in [0.29, 0.717) is 18.7 Å². The molecule has 4 N–H and O–H groups in total. The summed E-state index contributed by atoms with van der Waals surface area (Å²) in [7, 11) is 0. The predicted molar refractivity (Wildman–Crippen MR) is 104 cm³/mol. The lowest BCUT2D eigenvalue weighted by atomic mass is 9.96. The number of hydrogen-bond donors (Lipinski definition) is 2. The van der Waals surface area contributed by atoms with Crippen LogP contribution in [-0.2, 0) is 16.1 Å². The molecule has 8 heteroatoms. The van der Waals surface area contributed by atoms with Gasteiger partial charge in [-0.1, -0.05) is 12.1 Å². The second-order valence-electron chi connectivity index (χ2n) is 7.24. The zero-order chi connectivity index (χ0) is 20.4. The van der Waals surface area contributed by atoms with Crippen molar-refractivity contribution in [3.63, 3.8) is 0 Å². The summed E-state index contributed by atoms with van der Waals surface area (Å²) in [4.78, 5) is 37.4. The zero-order valence-corrected chi connectivity index (χ0v) is 16.1. The number of amides is 3. The molecule has 8 nitrogen and oxygen atoms in total. The quantitative estimate of drug-likeness (QED) is 0.799. The normalized spacial score (nSPS) is 16.8. The summed E-state index contributed by atoms with van der Waals surface area (Å²) in [6.07, 6.45) is 1.48. The van der Waals surface area contributed by atoms with Crippen molar-refractivity contribution in [3.05, 3.63) is 41.2 Å². The van der Waals surface area contributed by atoms with Crippen molar-refractivity contribution < 1.29 is 14.4 Å². The first kappa shape index (κ1) is 19.6. The SMILES string of the molecule is Cc1nn(CC(N)=O)c(C)c1-c1cccc(C(=O)N2CCCC(C(N)=O)C2)c1. The molecule has 148 valence electrons. The Kier molecular flexibility index (Phi) is 5.48. The van der Waals surface area contributed by atoms with Gasteiger partial charge in [-0.2, -0.15) is 5.10 Å². The molecule has 1 aromatic heterocycles. The highest BCUT2D eigenvalue weighted by atomic mass is 16.2. The number of rotatable bonds is 5.